The lowest BCUT2D eigenvalue weighted by molar-refractivity contribution is 0.0741. The van der Waals surface area contributed by atoms with Crippen molar-refractivity contribution in [3.8, 4) is 0 Å². The molecule has 4 nitrogen and oxygen atoms in total. The highest BCUT2D eigenvalue weighted by atomic mass is 79.9. The molecule has 1 atom stereocenters. The zero-order valence-electron chi connectivity index (χ0n) is 10.1. The zero-order valence-corrected chi connectivity index (χ0v) is 11.7. The van der Waals surface area contributed by atoms with Gasteiger partial charge in [0.1, 0.15) is 0 Å². The molecule has 0 aromatic carbocycles. The van der Waals surface area contributed by atoms with Gasteiger partial charge in [-0.05, 0) is 54.0 Å². The average molecular weight is 301 g/mol. The number of carbonyl (C=O) groups excluding carboxylic acids is 1. The van der Waals surface area contributed by atoms with Crippen molar-refractivity contribution < 1.29 is 9.21 Å². The van der Waals surface area contributed by atoms with Crippen LogP contribution in [0.3, 0.4) is 0 Å². The molecule has 1 amide bonds. The fraction of sp³-hybridized carbons (Fsp3) is 0.583. The van der Waals surface area contributed by atoms with E-state index in [0.717, 1.165) is 26.1 Å². The maximum absolute atomic E-state index is 12.0. The van der Waals surface area contributed by atoms with Crippen LogP contribution in [0.25, 0.3) is 0 Å². The molecular weight excluding hydrogens is 284 g/mol. The number of hydrogen-bond acceptors (Lipinski definition) is 3. The monoisotopic (exact) mass is 300 g/mol. The van der Waals surface area contributed by atoms with Crippen molar-refractivity contribution >= 4 is 21.8 Å². The highest BCUT2D eigenvalue weighted by Crippen LogP contribution is 2.18. The van der Waals surface area contributed by atoms with Gasteiger partial charge in [-0.2, -0.15) is 0 Å². The highest BCUT2D eigenvalue weighted by Gasteiger charge is 2.24. The van der Waals surface area contributed by atoms with Gasteiger partial charge in [0.25, 0.3) is 5.91 Å². The second-order valence-corrected chi connectivity index (χ2v) is 5.49. The second kappa shape index (κ2) is 5.23. The van der Waals surface area contributed by atoms with E-state index in [1.54, 1.807) is 17.0 Å². The van der Waals surface area contributed by atoms with Gasteiger partial charge in [-0.25, -0.2) is 0 Å². The number of likely N-dealkylation sites (tertiary alicyclic amines) is 1. The minimum atomic E-state index is -0.0507. The quantitative estimate of drug-likeness (QED) is 0.857. The van der Waals surface area contributed by atoms with E-state index in [9.17, 15) is 4.79 Å². The molecule has 1 unspecified atom stereocenters. The number of rotatable bonds is 3. The van der Waals surface area contributed by atoms with Crippen molar-refractivity contribution in [1.82, 2.24) is 9.80 Å². The van der Waals surface area contributed by atoms with Gasteiger partial charge in [-0.15, -0.1) is 0 Å². The van der Waals surface area contributed by atoms with Crippen molar-refractivity contribution in [3.05, 3.63) is 22.6 Å². The molecule has 94 valence electrons. The number of nitrogens with zero attached hydrogens (tertiary/aromatic N) is 2. The summed E-state index contributed by atoms with van der Waals surface area (Å²) in [6.07, 6.45) is 1.16. The summed E-state index contributed by atoms with van der Waals surface area (Å²) >= 11 is 3.20. The van der Waals surface area contributed by atoms with Crippen LogP contribution in [0.4, 0.5) is 0 Å². The topological polar surface area (TPSA) is 36.7 Å². The molecule has 1 fully saturated rings. The Morgan fingerprint density at radius 3 is 2.94 bits per heavy atom. The van der Waals surface area contributed by atoms with E-state index in [1.807, 2.05) is 7.05 Å². The summed E-state index contributed by atoms with van der Waals surface area (Å²) in [5.74, 6) is 0.920. The molecule has 5 heteroatoms. The first-order chi connectivity index (χ1) is 8.06. The van der Waals surface area contributed by atoms with Crippen LogP contribution in [0, 0.1) is 5.92 Å². The molecule has 0 bridgehead atoms. The Balaban J connectivity index is 1.91. The summed E-state index contributed by atoms with van der Waals surface area (Å²) in [7, 11) is 3.95. The summed E-state index contributed by atoms with van der Waals surface area (Å²) in [4.78, 5) is 16.1. The van der Waals surface area contributed by atoms with Crippen molar-refractivity contribution in [2.75, 3.05) is 33.7 Å². The van der Waals surface area contributed by atoms with Crippen LogP contribution in [-0.4, -0.2) is 49.4 Å². The van der Waals surface area contributed by atoms with E-state index in [1.165, 1.54) is 0 Å². The summed E-state index contributed by atoms with van der Waals surface area (Å²) in [5, 5.41) is 0. The molecule has 0 aliphatic carbocycles. The molecule has 1 aromatic rings. The Morgan fingerprint density at radius 1 is 1.65 bits per heavy atom. The largest absolute Gasteiger partial charge is 0.444 e. The molecule has 1 aliphatic rings. The van der Waals surface area contributed by atoms with Gasteiger partial charge >= 0.3 is 0 Å². The van der Waals surface area contributed by atoms with Crippen LogP contribution >= 0.6 is 15.9 Å². The molecule has 1 saturated heterocycles. The average Bonchev–Trinajstić information content (AvgIpc) is 2.87. The molecule has 1 aromatic heterocycles. The first-order valence-electron chi connectivity index (χ1n) is 5.75. The Kier molecular flexibility index (Phi) is 3.89. The first-order valence-corrected chi connectivity index (χ1v) is 6.55. The standard InChI is InChI=1S/C12H17BrN2O2/c1-14-6-5-9(7-14)8-15(2)12(16)10-3-4-11(13)17-10/h3-4,9H,5-8H2,1-2H3. The van der Waals surface area contributed by atoms with Gasteiger partial charge in [-0.1, -0.05) is 0 Å². The maximum Gasteiger partial charge on any atom is 0.289 e. The molecule has 17 heavy (non-hydrogen) atoms. The van der Waals surface area contributed by atoms with Crippen molar-refractivity contribution in [2.45, 2.75) is 6.42 Å². The predicted octanol–water partition coefficient (Wildman–Crippen LogP) is 2.07. The SMILES string of the molecule is CN1CCC(CN(C)C(=O)c2ccc(Br)o2)C1. The van der Waals surface area contributed by atoms with E-state index < -0.39 is 0 Å². The fourth-order valence-corrected chi connectivity index (χ4v) is 2.57. The van der Waals surface area contributed by atoms with E-state index in [2.05, 4.69) is 27.9 Å². The summed E-state index contributed by atoms with van der Waals surface area (Å²) in [6, 6.07) is 3.44. The Labute approximate surface area is 110 Å². The minimum Gasteiger partial charge on any atom is -0.444 e. The van der Waals surface area contributed by atoms with Gasteiger partial charge in [-0.3, -0.25) is 4.79 Å². The lowest BCUT2D eigenvalue weighted by Gasteiger charge is -2.20. The summed E-state index contributed by atoms with van der Waals surface area (Å²) in [5.41, 5.74) is 0. The van der Waals surface area contributed by atoms with E-state index in [-0.39, 0.29) is 5.91 Å². The van der Waals surface area contributed by atoms with Crippen LogP contribution in [0.5, 0.6) is 0 Å². The zero-order chi connectivity index (χ0) is 12.4. The van der Waals surface area contributed by atoms with Gasteiger partial charge < -0.3 is 14.2 Å². The molecule has 0 N–H and O–H groups in total. The number of furan rings is 1. The number of carbonyl (C=O) groups is 1. The van der Waals surface area contributed by atoms with Crippen molar-refractivity contribution in [1.29, 1.82) is 0 Å². The molecule has 2 heterocycles. The minimum absolute atomic E-state index is 0.0507. The molecule has 1 aliphatic heterocycles. The van der Waals surface area contributed by atoms with Crippen LogP contribution in [0.1, 0.15) is 17.0 Å². The lowest BCUT2D eigenvalue weighted by Crippen LogP contribution is -2.32. The van der Waals surface area contributed by atoms with Crippen molar-refractivity contribution in [2.24, 2.45) is 5.92 Å². The lowest BCUT2D eigenvalue weighted by atomic mass is 10.1. The molecule has 0 saturated carbocycles. The van der Waals surface area contributed by atoms with Crippen LogP contribution < -0.4 is 0 Å². The molecule has 2 rings (SSSR count). The Morgan fingerprint density at radius 2 is 2.41 bits per heavy atom. The summed E-state index contributed by atoms with van der Waals surface area (Å²) in [6.45, 7) is 2.99. The Hall–Kier alpha value is -0.810. The molecular formula is C12H17BrN2O2. The normalized spacial score (nSPS) is 20.8. The van der Waals surface area contributed by atoms with Gasteiger partial charge in [0, 0.05) is 20.1 Å². The molecule has 0 spiro atoms. The third-order valence-electron chi connectivity index (χ3n) is 3.15. The number of hydrogen-bond donors (Lipinski definition) is 0. The predicted molar refractivity (Wildman–Crippen MR) is 69.0 cm³/mol. The maximum atomic E-state index is 12.0. The summed E-state index contributed by atoms with van der Waals surface area (Å²) < 4.78 is 5.86. The second-order valence-electron chi connectivity index (χ2n) is 4.71. The number of amides is 1. The van der Waals surface area contributed by atoms with Gasteiger partial charge in [0.15, 0.2) is 10.4 Å². The van der Waals surface area contributed by atoms with Crippen LogP contribution in [0.15, 0.2) is 21.2 Å². The van der Waals surface area contributed by atoms with E-state index in [4.69, 9.17) is 4.42 Å². The smallest absolute Gasteiger partial charge is 0.289 e. The third-order valence-corrected chi connectivity index (χ3v) is 3.58. The van der Waals surface area contributed by atoms with E-state index in [0.29, 0.717) is 16.3 Å². The van der Waals surface area contributed by atoms with Crippen LogP contribution in [-0.2, 0) is 0 Å². The highest BCUT2D eigenvalue weighted by molar-refractivity contribution is 9.10. The third kappa shape index (κ3) is 3.10. The number of halogens is 1. The van der Waals surface area contributed by atoms with Gasteiger partial charge in [0.05, 0.1) is 0 Å². The fourth-order valence-electron chi connectivity index (χ4n) is 2.26. The van der Waals surface area contributed by atoms with Crippen LogP contribution in [0.2, 0.25) is 0 Å². The first kappa shape index (κ1) is 12.6. The van der Waals surface area contributed by atoms with E-state index >= 15 is 0 Å². The van der Waals surface area contributed by atoms with Gasteiger partial charge in [0.2, 0.25) is 0 Å². The molecule has 0 radical (unpaired) electrons. The van der Waals surface area contributed by atoms with Crippen molar-refractivity contribution in [3.63, 3.8) is 0 Å². The Bertz CT molecular complexity index is 405.